The summed E-state index contributed by atoms with van der Waals surface area (Å²) in [5.41, 5.74) is 0. The van der Waals surface area contributed by atoms with Crippen LogP contribution in [0.25, 0.3) is 0 Å². The highest BCUT2D eigenvalue weighted by Crippen LogP contribution is 2.45. The van der Waals surface area contributed by atoms with Crippen molar-refractivity contribution in [3.63, 3.8) is 0 Å². The normalized spacial score (nSPS) is 16.2. The molecule has 8 nitrogen and oxygen atoms in total. The molecule has 9 heteroatoms. The number of carbonyl (C=O) groups is 1. The lowest BCUT2D eigenvalue weighted by Crippen LogP contribution is -2.60. The Kier molecular flexibility index (Phi) is 15.9. The summed E-state index contributed by atoms with van der Waals surface area (Å²) < 4.78 is 21.8. The van der Waals surface area contributed by atoms with Crippen molar-refractivity contribution in [2.45, 2.75) is 103 Å². The lowest BCUT2D eigenvalue weighted by atomic mass is 10.1. The van der Waals surface area contributed by atoms with Gasteiger partial charge >= 0.3 is 13.8 Å². The molecule has 0 aliphatic rings. The zero-order valence-electron chi connectivity index (χ0n) is 19.4. The van der Waals surface area contributed by atoms with Crippen molar-refractivity contribution >= 4 is 13.8 Å². The molecule has 0 rings (SSSR count). The van der Waals surface area contributed by atoms with E-state index in [1.165, 1.54) is 51.4 Å². The quantitative estimate of drug-likeness (QED) is 0.124. The number of carboxylic acid groups (broad SMARTS) is 1. The van der Waals surface area contributed by atoms with Gasteiger partial charge in [-0.2, -0.15) is 0 Å². The van der Waals surface area contributed by atoms with E-state index >= 15 is 0 Å². The topological polar surface area (TPSA) is 116 Å². The first-order valence-corrected chi connectivity index (χ1v) is 12.8. The number of aliphatic carboxylic acids is 1. The number of carboxylic acids is 1. The molecule has 0 saturated carbocycles. The van der Waals surface area contributed by atoms with E-state index in [1.807, 2.05) is 0 Å². The van der Waals surface area contributed by atoms with Crippen LogP contribution in [0, 0.1) is 0 Å². The third kappa shape index (κ3) is 16.2. The van der Waals surface area contributed by atoms with Gasteiger partial charge in [0, 0.05) is 6.23 Å². The number of hydrogen-bond donors (Lipinski definition) is 2. The van der Waals surface area contributed by atoms with Crippen molar-refractivity contribution in [2.24, 2.45) is 0 Å². The maximum Gasteiger partial charge on any atom is 0.472 e. The van der Waals surface area contributed by atoms with Gasteiger partial charge in [0.25, 0.3) is 0 Å². The smallest absolute Gasteiger partial charge is 0.472 e. The van der Waals surface area contributed by atoms with Crippen LogP contribution in [-0.2, 0) is 18.4 Å². The van der Waals surface area contributed by atoms with Gasteiger partial charge in [-0.15, -0.1) is 0 Å². The van der Waals surface area contributed by atoms with Crippen LogP contribution in [0.15, 0.2) is 0 Å². The van der Waals surface area contributed by atoms with Crippen LogP contribution in [0.4, 0.5) is 0 Å². The zero-order chi connectivity index (χ0) is 23.0. The lowest BCUT2D eigenvalue weighted by Gasteiger charge is -2.42. The largest absolute Gasteiger partial charge is 0.804 e. The molecule has 0 aromatic carbocycles. The van der Waals surface area contributed by atoms with E-state index in [9.17, 15) is 19.4 Å². The minimum absolute atomic E-state index is 0.0406. The van der Waals surface area contributed by atoms with E-state index in [1.54, 1.807) is 21.1 Å². The Morgan fingerprint density at radius 3 is 1.77 bits per heavy atom. The average Bonchev–Trinajstić information content (AvgIpc) is 2.63. The van der Waals surface area contributed by atoms with E-state index in [0.29, 0.717) is 6.42 Å². The SMILES string of the molecule is CCCCCCCCCCCCCCOP(=O)(O)OC(CC(=O)O)C([O-])[N+](C)(C)C. The predicted molar refractivity (Wildman–Crippen MR) is 116 cm³/mol. The fourth-order valence-electron chi connectivity index (χ4n) is 3.19. The molecule has 0 fully saturated rings. The maximum atomic E-state index is 12.3. The van der Waals surface area contributed by atoms with Crippen molar-refractivity contribution in [3.05, 3.63) is 0 Å². The van der Waals surface area contributed by atoms with Crippen LogP contribution in [-0.4, -0.2) is 60.5 Å². The summed E-state index contributed by atoms with van der Waals surface area (Å²) >= 11 is 0. The molecule has 0 aromatic heterocycles. The summed E-state index contributed by atoms with van der Waals surface area (Å²) in [6.45, 7) is 2.26. The van der Waals surface area contributed by atoms with Crippen LogP contribution in [0.5, 0.6) is 0 Å². The van der Waals surface area contributed by atoms with Crippen LogP contribution in [0.3, 0.4) is 0 Å². The average molecular weight is 454 g/mol. The van der Waals surface area contributed by atoms with Crippen molar-refractivity contribution in [2.75, 3.05) is 27.7 Å². The fourth-order valence-corrected chi connectivity index (χ4v) is 4.13. The first-order valence-electron chi connectivity index (χ1n) is 11.3. The highest BCUT2D eigenvalue weighted by Gasteiger charge is 2.34. The van der Waals surface area contributed by atoms with Gasteiger partial charge in [-0.1, -0.05) is 77.6 Å². The first kappa shape index (κ1) is 29.5. The van der Waals surface area contributed by atoms with Gasteiger partial charge < -0.3 is 19.6 Å². The second-order valence-corrected chi connectivity index (χ2v) is 10.3. The number of phosphoric ester groups is 1. The highest BCUT2D eigenvalue weighted by molar-refractivity contribution is 7.47. The van der Waals surface area contributed by atoms with E-state index < -0.39 is 32.5 Å². The Bertz CT molecular complexity index is 496. The maximum absolute atomic E-state index is 12.3. The Morgan fingerprint density at radius 1 is 0.933 bits per heavy atom. The Hall–Kier alpha value is -0.500. The summed E-state index contributed by atoms with van der Waals surface area (Å²) in [4.78, 5) is 20.8. The molecule has 0 aliphatic carbocycles. The third-order valence-corrected chi connectivity index (χ3v) is 6.02. The molecular weight excluding hydrogens is 409 g/mol. The molecule has 0 aliphatic heterocycles. The second kappa shape index (κ2) is 16.2. The fraction of sp³-hybridized carbons (Fsp3) is 0.952. The molecular formula is C21H44NO7P. The summed E-state index contributed by atoms with van der Waals surface area (Å²) in [5, 5.41) is 21.3. The van der Waals surface area contributed by atoms with E-state index in [0.717, 1.165) is 19.3 Å². The van der Waals surface area contributed by atoms with Gasteiger partial charge in [-0.25, -0.2) is 4.57 Å². The van der Waals surface area contributed by atoms with Gasteiger partial charge in [-0.3, -0.25) is 13.8 Å². The number of unbranched alkanes of at least 4 members (excludes halogenated alkanes) is 11. The number of quaternary nitrogens is 1. The molecule has 0 bridgehead atoms. The zero-order valence-corrected chi connectivity index (χ0v) is 20.3. The van der Waals surface area contributed by atoms with Crippen molar-refractivity contribution in [3.8, 4) is 0 Å². The molecule has 2 N–H and O–H groups in total. The highest BCUT2D eigenvalue weighted by atomic mass is 31.2. The number of phosphoric acid groups is 1. The van der Waals surface area contributed by atoms with Gasteiger partial charge in [0.05, 0.1) is 34.2 Å². The predicted octanol–water partition coefficient (Wildman–Crippen LogP) is 4.06. The lowest BCUT2D eigenvalue weighted by molar-refractivity contribution is -0.973. The third-order valence-electron chi connectivity index (χ3n) is 4.98. The van der Waals surface area contributed by atoms with Gasteiger partial charge in [0.15, 0.2) is 0 Å². The molecule has 180 valence electrons. The number of nitrogens with zero attached hydrogens (tertiary/aromatic N) is 1. The molecule has 0 aromatic rings. The van der Waals surface area contributed by atoms with Crippen molar-refractivity contribution in [1.29, 1.82) is 0 Å². The molecule has 0 amide bonds. The van der Waals surface area contributed by atoms with Crippen LogP contribution < -0.4 is 5.11 Å². The first-order chi connectivity index (χ1) is 14.0. The minimum Gasteiger partial charge on any atom is -0.804 e. The summed E-state index contributed by atoms with van der Waals surface area (Å²) in [6, 6.07) is 0. The van der Waals surface area contributed by atoms with Crippen LogP contribution in [0.1, 0.15) is 90.4 Å². The number of likely N-dealkylation sites (N-methyl/N-ethyl adjacent to an activating group) is 1. The number of hydrogen-bond acceptors (Lipinski definition) is 5. The van der Waals surface area contributed by atoms with E-state index in [-0.39, 0.29) is 11.1 Å². The monoisotopic (exact) mass is 453 g/mol. The molecule has 3 atom stereocenters. The van der Waals surface area contributed by atoms with Crippen molar-refractivity contribution in [1.82, 2.24) is 0 Å². The molecule has 0 heterocycles. The van der Waals surface area contributed by atoms with E-state index in [2.05, 4.69) is 6.92 Å². The summed E-state index contributed by atoms with van der Waals surface area (Å²) in [6.07, 6.45) is 10.4. The van der Waals surface area contributed by atoms with Crippen molar-refractivity contribution < 1.29 is 38.0 Å². The molecule has 0 radical (unpaired) electrons. The summed E-state index contributed by atoms with van der Waals surface area (Å²) in [7, 11) is 0.241. The molecule has 30 heavy (non-hydrogen) atoms. The van der Waals surface area contributed by atoms with Crippen LogP contribution >= 0.6 is 7.82 Å². The Morgan fingerprint density at radius 2 is 1.37 bits per heavy atom. The Labute approximate surface area is 182 Å². The molecule has 0 spiro atoms. The minimum atomic E-state index is -4.48. The van der Waals surface area contributed by atoms with Crippen LogP contribution in [0.2, 0.25) is 0 Å². The Balaban J connectivity index is 3.97. The molecule has 0 saturated heterocycles. The standard InChI is InChI=1S/C21H44NO7P/c1-5-6-7-8-9-10-11-12-13-14-15-16-17-28-30(26,27)29-19(18-20(23)24)21(25)22(2,3)4/h19,21H,5-18H2,1-4H3,(H,23,24)(H,26,27). The second-order valence-electron chi connectivity index (χ2n) is 8.94. The van der Waals surface area contributed by atoms with E-state index in [4.69, 9.17) is 14.2 Å². The van der Waals surface area contributed by atoms with Gasteiger partial charge in [0.1, 0.15) is 6.10 Å². The summed E-state index contributed by atoms with van der Waals surface area (Å²) in [5.74, 6) is -1.27. The van der Waals surface area contributed by atoms with Gasteiger partial charge in [-0.05, 0) is 6.42 Å². The number of rotatable bonds is 20. The molecule has 3 unspecified atom stereocenters. The van der Waals surface area contributed by atoms with Gasteiger partial charge in [0.2, 0.25) is 0 Å².